The topological polar surface area (TPSA) is 120 Å². The number of carbonyl (C=O) groups is 2. The van der Waals surface area contributed by atoms with Crippen LogP contribution in [0.5, 0.6) is 5.75 Å². The molecule has 0 saturated carbocycles. The van der Waals surface area contributed by atoms with Crippen LogP contribution in [0.1, 0.15) is 15.9 Å². The Hall–Kier alpha value is -3.92. The number of hydrogen-bond acceptors (Lipinski definition) is 6. The zero-order valence-corrected chi connectivity index (χ0v) is 12.6. The monoisotopic (exact) mass is 334 g/mol. The lowest BCUT2D eigenvalue weighted by Crippen LogP contribution is -2.28. The lowest BCUT2D eigenvalue weighted by atomic mass is 10.1. The van der Waals surface area contributed by atoms with Crippen molar-refractivity contribution in [3.63, 3.8) is 0 Å². The number of rotatable bonds is 3. The summed E-state index contributed by atoms with van der Waals surface area (Å²) in [6.07, 6.45) is 0. The highest BCUT2D eigenvalue weighted by atomic mass is 16.4. The normalized spacial score (nSPS) is 10.2. The van der Waals surface area contributed by atoms with Gasteiger partial charge < -0.3 is 14.8 Å². The molecule has 3 aromatic rings. The van der Waals surface area contributed by atoms with Gasteiger partial charge in [-0.25, -0.2) is 4.79 Å². The van der Waals surface area contributed by atoms with Gasteiger partial charge in [-0.2, -0.15) is 5.26 Å². The Bertz CT molecular complexity index is 1110. The van der Waals surface area contributed by atoms with Crippen LogP contribution in [-0.4, -0.2) is 16.8 Å². The first-order valence-electron chi connectivity index (χ1n) is 7.12. The average Bonchev–Trinajstić information content (AvgIpc) is 2.62. The minimum absolute atomic E-state index is 0.0942. The minimum atomic E-state index is -1.26. The summed E-state index contributed by atoms with van der Waals surface area (Å²) in [7, 11) is 0. The summed E-state index contributed by atoms with van der Waals surface area (Å²) in [5.41, 5.74) is -1.52. The summed E-state index contributed by atoms with van der Waals surface area (Å²) >= 11 is 0. The maximum absolute atomic E-state index is 12.3. The van der Waals surface area contributed by atoms with Crippen molar-refractivity contribution in [3.8, 4) is 11.8 Å². The van der Waals surface area contributed by atoms with Gasteiger partial charge >= 0.3 is 5.63 Å². The number of hydrogen-bond donors (Lipinski definition) is 2. The maximum Gasteiger partial charge on any atom is 0.351 e. The van der Waals surface area contributed by atoms with Gasteiger partial charge in [0.15, 0.2) is 5.56 Å². The quantitative estimate of drug-likeness (QED) is 0.430. The first kappa shape index (κ1) is 16.0. The van der Waals surface area contributed by atoms with Crippen LogP contribution >= 0.6 is 0 Å². The van der Waals surface area contributed by atoms with Gasteiger partial charge in [0.25, 0.3) is 11.7 Å². The average molecular weight is 334 g/mol. The van der Waals surface area contributed by atoms with E-state index in [9.17, 15) is 19.5 Å². The molecular formula is C18H10N2O5. The lowest BCUT2D eigenvalue weighted by Gasteiger charge is -2.07. The van der Waals surface area contributed by atoms with Crippen LogP contribution in [0.25, 0.3) is 11.0 Å². The molecule has 1 amide bonds. The van der Waals surface area contributed by atoms with E-state index < -0.39 is 28.6 Å². The zero-order chi connectivity index (χ0) is 18.0. The van der Waals surface area contributed by atoms with Crippen molar-refractivity contribution in [3.05, 3.63) is 70.1 Å². The van der Waals surface area contributed by atoms with Crippen LogP contribution in [0.2, 0.25) is 0 Å². The second-order valence-electron chi connectivity index (χ2n) is 5.05. The first-order chi connectivity index (χ1) is 12.0. The van der Waals surface area contributed by atoms with Crippen molar-refractivity contribution in [1.29, 1.82) is 5.26 Å². The number of benzene rings is 2. The van der Waals surface area contributed by atoms with Gasteiger partial charge in [0, 0.05) is 0 Å². The number of carbonyl (C=O) groups excluding carboxylic acids is 2. The summed E-state index contributed by atoms with van der Waals surface area (Å²) in [5, 5.41) is 21.6. The molecule has 7 nitrogen and oxygen atoms in total. The SMILES string of the molecule is N#Cc1ccccc1NC(=O)C(=O)c1c(O)c2ccccc2oc1=O. The van der Waals surface area contributed by atoms with Gasteiger partial charge in [0.1, 0.15) is 17.4 Å². The first-order valence-corrected chi connectivity index (χ1v) is 7.12. The summed E-state index contributed by atoms with van der Waals surface area (Å²) in [5.74, 6) is -3.05. The van der Waals surface area contributed by atoms with Crippen molar-refractivity contribution in [1.82, 2.24) is 0 Å². The molecule has 0 unspecified atom stereocenters. The van der Waals surface area contributed by atoms with E-state index in [0.717, 1.165) is 0 Å². The smallest absolute Gasteiger partial charge is 0.351 e. The molecule has 0 radical (unpaired) electrons. The van der Waals surface area contributed by atoms with E-state index in [-0.39, 0.29) is 22.2 Å². The second-order valence-corrected chi connectivity index (χ2v) is 5.05. The molecule has 2 N–H and O–H groups in total. The van der Waals surface area contributed by atoms with Crippen molar-refractivity contribution in [2.24, 2.45) is 0 Å². The number of amides is 1. The van der Waals surface area contributed by atoms with Gasteiger partial charge in [0.2, 0.25) is 0 Å². The van der Waals surface area contributed by atoms with Gasteiger partial charge in [-0.05, 0) is 24.3 Å². The Morgan fingerprint density at radius 2 is 1.76 bits per heavy atom. The fourth-order valence-electron chi connectivity index (χ4n) is 2.32. The van der Waals surface area contributed by atoms with Gasteiger partial charge in [-0.3, -0.25) is 9.59 Å². The summed E-state index contributed by atoms with van der Waals surface area (Å²) < 4.78 is 4.97. The Labute approximate surface area is 140 Å². The number of para-hydroxylation sites is 2. The molecule has 0 saturated heterocycles. The zero-order valence-electron chi connectivity index (χ0n) is 12.6. The Morgan fingerprint density at radius 3 is 2.52 bits per heavy atom. The van der Waals surface area contributed by atoms with E-state index in [1.54, 1.807) is 24.3 Å². The summed E-state index contributed by atoms with van der Waals surface area (Å²) in [4.78, 5) is 36.5. The number of nitrogens with one attached hydrogen (secondary N) is 1. The number of anilines is 1. The molecule has 1 aromatic heterocycles. The Kier molecular flexibility index (Phi) is 4.02. The largest absolute Gasteiger partial charge is 0.506 e. The van der Waals surface area contributed by atoms with E-state index in [4.69, 9.17) is 9.68 Å². The predicted octanol–water partition coefficient (Wildman–Crippen LogP) is 2.19. The van der Waals surface area contributed by atoms with Crippen LogP contribution in [0, 0.1) is 11.3 Å². The van der Waals surface area contributed by atoms with Gasteiger partial charge in [-0.1, -0.05) is 24.3 Å². The summed E-state index contributed by atoms with van der Waals surface area (Å²) in [6, 6.07) is 14.0. The molecule has 122 valence electrons. The van der Waals surface area contributed by atoms with Crippen LogP contribution in [0.4, 0.5) is 5.69 Å². The lowest BCUT2D eigenvalue weighted by molar-refractivity contribution is -0.112. The maximum atomic E-state index is 12.3. The number of aromatic hydroxyl groups is 1. The van der Waals surface area contributed by atoms with Gasteiger partial charge in [-0.15, -0.1) is 0 Å². The van der Waals surface area contributed by atoms with Crippen molar-refractivity contribution in [2.45, 2.75) is 0 Å². The van der Waals surface area contributed by atoms with Crippen LogP contribution in [0.3, 0.4) is 0 Å². The van der Waals surface area contributed by atoms with Crippen molar-refractivity contribution >= 4 is 28.3 Å². The highest BCUT2D eigenvalue weighted by molar-refractivity contribution is 6.47. The molecule has 0 aliphatic rings. The molecule has 3 rings (SSSR count). The highest BCUT2D eigenvalue weighted by Gasteiger charge is 2.27. The van der Waals surface area contributed by atoms with E-state index in [1.807, 2.05) is 6.07 Å². The Morgan fingerprint density at radius 1 is 1.08 bits per heavy atom. The molecule has 0 atom stereocenters. The molecule has 2 aromatic carbocycles. The van der Waals surface area contributed by atoms with Gasteiger partial charge in [0.05, 0.1) is 16.6 Å². The van der Waals surface area contributed by atoms with Crippen LogP contribution in [-0.2, 0) is 4.79 Å². The van der Waals surface area contributed by atoms with Crippen molar-refractivity contribution in [2.75, 3.05) is 5.32 Å². The molecule has 1 heterocycles. The van der Waals surface area contributed by atoms with E-state index in [0.29, 0.717) is 0 Å². The number of nitriles is 1. The molecule has 7 heteroatoms. The molecule has 0 spiro atoms. The molecular weight excluding hydrogens is 324 g/mol. The Balaban J connectivity index is 2.01. The third-order valence-electron chi connectivity index (χ3n) is 3.51. The third kappa shape index (κ3) is 2.84. The summed E-state index contributed by atoms with van der Waals surface area (Å²) in [6.45, 7) is 0. The second kappa shape index (κ2) is 6.29. The fraction of sp³-hybridized carbons (Fsp3) is 0. The minimum Gasteiger partial charge on any atom is -0.506 e. The van der Waals surface area contributed by atoms with Crippen LogP contribution in [0.15, 0.2) is 57.7 Å². The molecule has 0 aliphatic heterocycles. The van der Waals surface area contributed by atoms with E-state index >= 15 is 0 Å². The fourth-order valence-corrected chi connectivity index (χ4v) is 2.32. The number of Topliss-reactive ketones (excluding diaryl/α,β-unsaturated/α-hetero) is 1. The van der Waals surface area contributed by atoms with Crippen molar-refractivity contribution < 1.29 is 19.1 Å². The van der Waals surface area contributed by atoms with E-state index in [2.05, 4.69) is 5.32 Å². The number of nitrogens with zero attached hydrogens (tertiary/aromatic N) is 1. The van der Waals surface area contributed by atoms with Crippen LogP contribution < -0.4 is 10.9 Å². The standard InChI is InChI=1S/C18H10N2O5/c19-9-10-5-1-3-7-12(10)20-17(23)16(22)14-15(21)11-6-2-4-8-13(11)25-18(14)24/h1-8,21H,(H,20,23). The van der Waals surface area contributed by atoms with E-state index in [1.165, 1.54) is 24.3 Å². The highest BCUT2D eigenvalue weighted by Crippen LogP contribution is 2.26. The third-order valence-corrected chi connectivity index (χ3v) is 3.51. The number of ketones is 1. The molecule has 0 bridgehead atoms. The predicted molar refractivity (Wildman–Crippen MR) is 88.3 cm³/mol. The number of fused-ring (bicyclic) bond motifs is 1. The molecule has 0 aliphatic carbocycles. The molecule has 25 heavy (non-hydrogen) atoms. The molecule has 0 fully saturated rings.